The fourth-order valence-corrected chi connectivity index (χ4v) is 5.67. The number of fused-ring (bicyclic) bond motifs is 1. The molecule has 6 rings (SSSR count). The van der Waals surface area contributed by atoms with Gasteiger partial charge in [0.2, 0.25) is 0 Å². The molecule has 2 amide bonds. The summed E-state index contributed by atoms with van der Waals surface area (Å²) in [5.41, 5.74) is 2.53. The van der Waals surface area contributed by atoms with Gasteiger partial charge in [-0.2, -0.15) is 18.3 Å². The molecule has 46 heavy (non-hydrogen) atoms. The summed E-state index contributed by atoms with van der Waals surface area (Å²) in [7, 11) is 0. The Labute approximate surface area is 264 Å². The second kappa shape index (κ2) is 13.2. The van der Waals surface area contributed by atoms with E-state index in [9.17, 15) is 22.8 Å². The number of carbonyl (C=O) groups excluding carboxylic acids is 2. The van der Waals surface area contributed by atoms with E-state index in [1.807, 2.05) is 35.2 Å². The topological polar surface area (TPSA) is 93.4 Å². The molecule has 11 heteroatoms. The molecule has 1 aliphatic heterocycles. The monoisotopic (exact) mass is 626 g/mol. The van der Waals surface area contributed by atoms with Crippen molar-refractivity contribution < 1.29 is 22.8 Å². The van der Waals surface area contributed by atoms with Crippen LogP contribution in [0.2, 0.25) is 0 Å². The number of hydrogen-bond acceptors (Lipinski definition) is 5. The molecule has 5 aromatic rings. The number of anilines is 2. The smallest absolute Gasteiger partial charge is 0.322 e. The Hall–Kier alpha value is -5.00. The first-order chi connectivity index (χ1) is 22.2. The summed E-state index contributed by atoms with van der Waals surface area (Å²) in [6.07, 6.45) is -4.56. The van der Waals surface area contributed by atoms with Crippen molar-refractivity contribution in [2.24, 2.45) is 0 Å². The van der Waals surface area contributed by atoms with Crippen molar-refractivity contribution in [3.05, 3.63) is 113 Å². The molecule has 0 unspecified atom stereocenters. The third kappa shape index (κ3) is 6.95. The van der Waals surface area contributed by atoms with E-state index in [-0.39, 0.29) is 23.7 Å². The lowest BCUT2D eigenvalue weighted by Crippen LogP contribution is -2.45. The fourth-order valence-electron chi connectivity index (χ4n) is 5.67. The predicted octanol–water partition coefficient (Wildman–Crippen LogP) is 6.89. The zero-order chi connectivity index (χ0) is 32.3. The van der Waals surface area contributed by atoms with Crippen molar-refractivity contribution in [3.8, 4) is 11.1 Å². The standard InChI is InChI=1S/C35H33F3N6O2/c1-2-43-15-17-44(18-16-43)22-27-11-13-28(21-30(27)35(36,37)38)39-34(46)26-10-6-9-24(19-26)25-12-14-29-31(20-25)41-42-32(29)40-33(45)23-7-4-3-5-8-23/h3-14,19-21H,2,15-18,22H2,1H3,(H,39,46)(H2,40,41,42,45). The van der Waals surface area contributed by atoms with E-state index < -0.39 is 17.6 Å². The van der Waals surface area contributed by atoms with Crippen LogP contribution in [0.25, 0.3) is 22.0 Å². The number of aromatic amines is 1. The van der Waals surface area contributed by atoms with Crippen LogP contribution in [-0.4, -0.2) is 64.5 Å². The lowest BCUT2D eigenvalue weighted by atomic mass is 10.0. The first-order valence-corrected chi connectivity index (χ1v) is 15.1. The highest BCUT2D eigenvalue weighted by Crippen LogP contribution is 2.35. The summed E-state index contributed by atoms with van der Waals surface area (Å²) < 4.78 is 42.3. The summed E-state index contributed by atoms with van der Waals surface area (Å²) in [6.45, 7) is 6.27. The van der Waals surface area contributed by atoms with E-state index in [4.69, 9.17) is 0 Å². The first-order valence-electron chi connectivity index (χ1n) is 15.1. The van der Waals surface area contributed by atoms with Gasteiger partial charge in [0.05, 0.1) is 11.1 Å². The maximum Gasteiger partial charge on any atom is 0.416 e. The molecule has 236 valence electrons. The summed E-state index contributed by atoms with van der Waals surface area (Å²) in [4.78, 5) is 30.1. The van der Waals surface area contributed by atoms with Crippen molar-refractivity contribution in [2.45, 2.75) is 19.6 Å². The van der Waals surface area contributed by atoms with Gasteiger partial charge in [0.25, 0.3) is 11.8 Å². The minimum Gasteiger partial charge on any atom is -0.322 e. The van der Waals surface area contributed by atoms with E-state index in [2.05, 4.69) is 32.7 Å². The van der Waals surface area contributed by atoms with Crippen LogP contribution in [0.5, 0.6) is 0 Å². The molecule has 1 saturated heterocycles. The van der Waals surface area contributed by atoms with Crippen LogP contribution in [-0.2, 0) is 12.7 Å². The summed E-state index contributed by atoms with van der Waals surface area (Å²) in [5.74, 6) is -0.405. The number of benzene rings is 4. The van der Waals surface area contributed by atoms with E-state index >= 15 is 0 Å². The minimum atomic E-state index is -4.56. The van der Waals surface area contributed by atoms with Crippen LogP contribution < -0.4 is 10.6 Å². The van der Waals surface area contributed by atoms with Crippen LogP contribution in [0, 0.1) is 0 Å². The van der Waals surface area contributed by atoms with Crippen LogP contribution in [0.1, 0.15) is 38.8 Å². The lowest BCUT2D eigenvalue weighted by molar-refractivity contribution is -0.138. The van der Waals surface area contributed by atoms with Gasteiger partial charge in [-0.3, -0.25) is 19.6 Å². The molecule has 1 aromatic heterocycles. The zero-order valence-corrected chi connectivity index (χ0v) is 25.2. The number of carbonyl (C=O) groups is 2. The molecule has 1 fully saturated rings. The SMILES string of the molecule is CCN1CCN(Cc2ccc(NC(=O)c3cccc(-c4ccc5c(NC(=O)c6ccccc6)n[nH]c5c4)c3)cc2C(F)(F)F)CC1. The third-order valence-electron chi connectivity index (χ3n) is 8.27. The number of nitrogens with zero attached hydrogens (tertiary/aromatic N) is 3. The molecular weight excluding hydrogens is 593 g/mol. The number of nitrogens with one attached hydrogen (secondary N) is 3. The van der Waals surface area contributed by atoms with E-state index in [0.29, 0.717) is 40.9 Å². The Balaban J connectivity index is 1.17. The number of amides is 2. The zero-order valence-electron chi connectivity index (χ0n) is 25.2. The van der Waals surface area contributed by atoms with Crippen molar-refractivity contribution in [1.82, 2.24) is 20.0 Å². The molecule has 0 saturated carbocycles. The quantitative estimate of drug-likeness (QED) is 0.175. The predicted molar refractivity (Wildman–Crippen MR) is 173 cm³/mol. The Kier molecular flexibility index (Phi) is 8.87. The van der Waals surface area contributed by atoms with Gasteiger partial charge < -0.3 is 15.5 Å². The van der Waals surface area contributed by atoms with Gasteiger partial charge in [-0.1, -0.05) is 49.4 Å². The Morgan fingerprint density at radius 2 is 1.48 bits per heavy atom. The third-order valence-corrected chi connectivity index (χ3v) is 8.27. The molecule has 0 aliphatic carbocycles. The van der Waals surface area contributed by atoms with Crippen molar-refractivity contribution >= 4 is 34.2 Å². The Morgan fingerprint density at radius 1 is 0.783 bits per heavy atom. The number of likely N-dealkylation sites (N-methyl/N-ethyl adjacent to an activating group) is 1. The number of rotatable bonds is 8. The van der Waals surface area contributed by atoms with Gasteiger partial charge in [-0.25, -0.2) is 0 Å². The maximum absolute atomic E-state index is 14.1. The molecule has 0 atom stereocenters. The maximum atomic E-state index is 14.1. The molecule has 4 aromatic carbocycles. The highest BCUT2D eigenvalue weighted by molar-refractivity contribution is 6.08. The average Bonchev–Trinajstić information content (AvgIpc) is 3.47. The summed E-state index contributed by atoms with van der Waals surface area (Å²) >= 11 is 0. The lowest BCUT2D eigenvalue weighted by Gasteiger charge is -2.34. The van der Waals surface area contributed by atoms with Gasteiger partial charge in [0.15, 0.2) is 5.82 Å². The molecule has 0 bridgehead atoms. The molecule has 0 spiro atoms. The summed E-state index contributed by atoms with van der Waals surface area (Å²) in [5, 5.41) is 13.4. The number of H-pyrrole nitrogens is 1. The molecule has 8 nitrogen and oxygen atoms in total. The van der Waals surface area contributed by atoms with Gasteiger partial charge in [-0.05, 0) is 71.8 Å². The number of aromatic nitrogens is 2. The number of alkyl halides is 3. The molecule has 1 aliphatic rings. The molecular formula is C35H33F3N6O2. The van der Waals surface area contributed by atoms with Crippen LogP contribution in [0.15, 0.2) is 91.0 Å². The molecule has 0 radical (unpaired) electrons. The highest BCUT2D eigenvalue weighted by atomic mass is 19.4. The van der Waals surface area contributed by atoms with Crippen LogP contribution >= 0.6 is 0 Å². The molecule has 3 N–H and O–H groups in total. The van der Waals surface area contributed by atoms with Gasteiger partial charge in [-0.15, -0.1) is 0 Å². The Bertz CT molecular complexity index is 1860. The van der Waals surface area contributed by atoms with Gasteiger partial charge in [0, 0.05) is 54.9 Å². The van der Waals surface area contributed by atoms with E-state index in [1.54, 1.807) is 42.5 Å². The van der Waals surface area contributed by atoms with Crippen LogP contribution in [0.3, 0.4) is 0 Å². The molecule has 2 heterocycles. The van der Waals surface area contributed by atoms with E-state index in [1.165, 1.54) is 12.1 Å². The number of piperazine rings is 1. The van der Waals surface area contributed by atoms with Crippen LogP contribution in [0.4, 0.5) is 24.7 Å². The van der Waals surface area contributed by atoms with Gasteiger partial charge >= 0.3 is 6.18 Å². The summed E-state index contributed by atoms with van der Waals surface area (Å²) in [6, 6.07) is 25.2. The largest absolute Gasteiger partial charge is 0.416 e. The first kappa shape index (κ1) is 31.0. The van der Waals surface area contributed by atoms with Crippen molar-refractivity contribution in [3.63, 3.8) is 0 Å². The second-order valence-electron chi connectivity index (χ2n) is 11.3. The highest BCUT2D eigenvalue weighted by Gasteiger charge is 2.34. The average molecular weight is 627 g/mol. The normalized spacial score (nSPS) is 14.3. The Morgan fingerprint density at radius 3 is 2.22 bits per heavy atom. The minimum absolute atomic E-state index is 0.0752. The van der Waals surface area contributed by atoms with Crippen molar-refractivity contribution in [1.29, 1.82) is 0 Å². The van der Waals surface area contributed by atoms with Crippen molar-refractivity contribution in [2.75, 3.05) is 43.4 Å². The van der Waals surface area contributed by atoms with Gasteiger partial charge in [0.1, 0.15) is 0 Å². The second-order valence-corrected chi connectivity index (χ2v) is 11.3. The fraction of sp³-hybridized carbons (Fsp3) is 0.229. The number of hydrogen-bond donors (Lipinski definition) is 3. The number of halogens is 3. The van der Waals surface area contributed by atoms with E-state index in [0.717, 1.165) is 36.8 Å².